The van der Waals surface area contributed by atoms with Crippen molar-refractivity contribution in [2.45, 2.75) is 67.8 Å². The molecule has 1 saturated heterocycles. The third kappa shape index (κ3) is 11.3. The Morgan fingerprint density at radius 3 is 2.08 bits per heavy atom. The van der Waals surface area contributed by atoms with E-state index in [0.29, 0.717) is 38.3 Å². The summed E-state index contributed by atoms with van der Waals surface area (Å²) in [4.78, 5) is 43.1. The fraction of sp³-hybridized carbons (Fsp3) is 0.310. The van der Waals surface area contributed by atoms with E-state index in [-0.39, 0.29) is 29.7 Å². The monoisotopic (exact) mass is 856 g/mol. The number of rotatable bonds is 13. The maximum atomic E-state index is 14.5. The molecule has 3 heterocycles. The van der Waals surface area contributed by atoms with Crippen molar-refractivity contribution in [3.63, 3.8) is 0 Å². The van der Waals surface area contributed by atoms with E-state index in [1.165, 1.54) is 30.5 Å². The minimum atomic E-state index is -4.41. The number of hydrogen-bond acceptors (Lipinski definition) is 9. The lowest BCUT2D eigenvalue weighted by Crippen LogP contribution is -2.47. The highest BCUT2D eigenvalue weighted by Crippen LogP contribution is 2.33. The van der Waals surface area contributed by atoms with Gasteiger partial charge in [0.15, 0.2) is 30.0 Å². The first-order valence-corrected chi connectivity index (χ1v) is 19.6. The summed E-state index contributed by atoms with van der Waals surface area (Å²) in [6, 6.07) is 19.6. The minimum Gasteiger partial charge on any atom is -0.618 e. The molecule has 2 atom stereocenters. The zero-order valence-electron chi connectivity index (χ0n) is 32.1. The number of likely N-dealkylation sites (tertiary alicyclic amines) is 1. The molecule has 2 aromatic heterocycles. The molecule has 2 unspecified atom stereocenters. The number of aliphatic carboxylic acids is 2. The zero-order valence-corrected chi connectivity index (χ0v) is 32.9. The van der Waals surface area contributed by atoms with Gasteiger partial charge in [-0.05, 0) is 60.3 Å². The molecular weight excluding hydrogens is 816 g/mol. The average Bonchev–Trinajstić information content (AvgIpc) is 3.24. The summed E-state index contributed by atoms with van der Waals surface area (Å²) in [5.41, 5.74) is 2.86. The Morgan fingerprint density at radius 1 is 0.917 bits per heavy atom. The number of halogens is 5. The zero-order chi connectivity index (χ0) is 43.7. The second kappa shape index (κ2) is 20.0. The largest absolute Gasteiger partial charge is 0.618 e. The van der Waals surface area contributed by atoms with Crippen molar-refractivity contribution in [3.05, 3.63) is 130 Å². The predicted octanol–water partition coefficient (Wildman–Crippen LogP) is 6.06. The van der Waals surface area contributed by atoms with Crippen LogP contribution in [0.25, 0.3) is 22.2 Å². The van der Waals surface area contributed by atoms with E-state index in [1.54, 1.807) is 18.3 Å². The molecule has 6 rings (SSSR count). The van der Waals surface area contributed by atoms with Gasteiger partial charge in [0, 0.05) is 54.8 Å². The Kier molecular flexibility index (Phi) is 15.2. The van der Waals surface area contributed by atoms with E-state index in [0.717, 1.165) is 73.6 Å². The fourth-order valence-electron chi connectivity index (χ4n) is 6.63. The second-order valence-corrected chi connectivity index (χ2v) is 14.9. The Labute approximate surface area is 345 Å². The molecule has 0 spiro atoms. The van der Waals surface area contributed by atoms with Crippen molar-refractivity contribution in [3.8, 4) is 11.1 Å². The van der Waals surface area contributed by atoms with Gasteiger partial charge < -0.3 is 35.4 Å². The number of nitrogens with zero attached hydrogens (tertiary/aromatic N) is 4. The number of fused-ring (bicyclic) bond motifs is 1. The standard InChI is InChI=1S/C38H35F5N4O2S.C4H6O6/c1-2-45-19-16-30(17-20-45)46(22-25-8-10-26(11-9-25)27-12-14-29(15-13-27)38(41,42)43)35(48)21-31-34(23-47(49)33-7-4-18-44-37(31)33)50-24-28-5-3-6-32(39)36(28)40;5-1(3(7)8)2(6)4(9)10/h3-15,18,23,30H,2,16-17,19-22,24H2,1H3;1-2,5-6H,(H,7,8)(H,9,10). The van der Waals surface area contributed by atoms with E-state index in [9.17, 15) is 41.5 Å². The van der Waals surface area contributed by atoms with Gasteiger partial charge in [0.05, 0.1) is 16.9 Å². The Morgan fingerprint density at radius 2 is 1.52 bits per heavy atom. The molecule has 1 amide bonds. The number of carbonyl (C=O) groups excluding carboxylic acids is 1. The first kappa shape index (κ1) is 45.4. The van der Waals surface area contributed by atoms with Gasteiger partial charge in [-0.1, -0.05) is 55.5 Å². The van der Waals surface area contributed by atoms with Gasteiger partial charge in [-0.25, -0.2) is 23.4 Å². The summed E-state index contributed by atoms with van der Waals surface area (Å²) in [5, 5.41) is 45.5. The van der Waals surface area contributed by atoms with Gasteiger partial charge in [0.1, 0.15) is 5.52 Å². The summed E-state index contributed by atoms with van der Waals surface area (Å²) < 4.78 is 68.3. The van der Waals surface area contributed by atoms with Gasteiger partial charge in [-0.3, -0.25) is 4.79 Å². The topological polar surface area (TPSA) is 178 Å². The Balaban J connectivity index is 0.000000606. The Bertz CT molecular complexity index is 2270. The smallest absolute Gasteiger partial charge is 0.416 e. The van der Waals surface area contributed by atoms with E-state index in [1.807, 2.05) is 29.2 Å². The number of aromatic nitrogens is 2. The third-order valence-corrected chi connectivity index (χ3v) is 11.1. The quantitative estimate of drug-likeness (QED) is 0.0469. The number of carboxylic acids is 2. The molecule has 12 nitrogen and oxygen atoms in total. The fourth-order valence-corrected chi connectivity index (χ4v) is 7.68. The van der Waals surface area contributed by atoms with Crippen LogP contribution in [0.3, 0.4) is 0 Å². The summed E-state index contributed by atoms with van der Waals surface area (Å²) in [6.07, 6.45) is -4.56. The van der Waals surface area contributed by atoms with Crippen LogP contribution in [0.1, 0.15) is 42.0 Å². The number of piperidine rings is 1. The molecule has 1 aliphatic heterocycles. The number of benzene rings is 3. The maximum absolute atomic E-state index is 14.5. The minimum absolute atomic E-state index is 0.0353. The molecule has 318 valence electrons. The van der Waals surface area contributed by atoms with Crippen molar-refractivity contribution in [2.75, 3.05) is 19.6 Å². The lowest BCUT2D eigenvalue weighted by molar-refractivity contribution is -0.579. The van der Waals surface area contributed by atoms with E-state index >= 15 is 0 Å². The number of pyridine rings is 2. The molecular formula is C42H41F5N4O8S. The molecule has 0 saturated carbocycles. The maximum Gasteiger partial charge on any atom is 0.416 e. The SMILES string of the molecule is CCN1CCC(N(Cc2ccc(-c3ccc(C(F)(F)F)cc3)cc2)C(=O)Cc2c(SCc3cccc(F)c3F)c[n+]([O-])c3cccnc23)CC1.O=C(O)C(O)C(O)C(=O)O. The van der Waals surface area contributed by atoms with Crippen LogP contribution in [0, 0.1) is 16.8 Å². The Hall–Kier alpha value is -5.69. The number of aliphatic hydroxyl groups is 2. The molecule has 3 aromatic carbocycles. The summed E-state index contributed by atoms with van der Waals surface area (Å²) in [6.45, 7) is 5.00. The van der Waals surface area contributed by atoms with Gasteiger partial charge in [0.25, 0.3) is 0 Å². The van der Waals surface area contributed by atoms with Crippen molar-refractivity contribution >= 4 is 40.6 Å². The molecule has 1 aliphatic rings. The third-order valence-electron chi connectivity index (χ3n) is 10.0. The summed E-state index contributed by atoms with van der Waals surface area (Å²) in [5.74, 6) is -5.59. The van der Waals surface area contributed by atoms with Gasteiger partial charge in [0.2, 0.25) is 11.4 Å². The van der Waals surface area contributed by atoms with Crippen LogP contribution in [0.5, 0.6) is 0 Å². The predicted molar refractivity (Wildman–Crippen MR) is 210 cm³/mol. The number of carboxylic acid groups (broad SMARTS) is 2. The average molecular weight is 857 g/mol. The molecule has 60 heavy (non-hydrogen) atoms. The van der Waals surface area contributed by atoms with Crippen molar-refractivity contribution < 1.29 is 61.5 Å². The summed E-state index contributed by atoms with van der Waals surface area (Å²) >= 11 is 1.14. The van der Waals surface area contributed by atoms with Crippen molar-refractivity contribution in [2.24, 2.45) is 0 Å². The van der Waals surface area contributed by atoms with Crippen LogP contribution >= 0.6 is 11.8 Å². The molecule has 1 fully saturated rings. The van der Waals surface area contributed by atoms with E-state index < -0.39 is 47.5 Å². The van der Waals surface area contributed by atoms with Crippen LogP contribution in [0.15, 0.2) is 96.2 Å². The van der Waals surface area contributed by atoms with Gasteiger partial charge in [-0.2, -0.15) is 17.9 Å². The summed E-state index contributed by atoms with van der Waals surface area (Å²) in [7, 11) is 0. The second-order valence-electron chi connectivity index (χ2n) is 13.9. The number of hydrogen-bond donors (Lipinski definition) is 4. The van der Waals surface area contributed by atoms with Crippen LogP contribution in [-0.2, 0) is 39.3 Å². The van der Waals surface area contributed by atoms with Crippen molar-refractivity contribution in [1.82, 2.24) is 14.8 Å². The molecule has 4 N–H and O–H groups in total. The van der Waals surface area contributed by atoms with Gasteiger partial charge in [-0.15, -0.1) is 11.8 Å². The van der Waals surface area contributed by atoms with E-state index in [4.69, 9.17) is 20.4 Å². The molecule has 18 heteroatoms. The number of alkyl halides is 3. The lowest BCUT2D eigenvalue weighted by atomic mass is 9.99. The molecule has 5 aromatic rings. The normalized spacial score (nSPS) is 14.5. The highest BCUT2D eigenvalue weighted by atomic mass is 32.2. The lowest BCUT2D eigenvalue weighted by Gasteiger charge is -2.38. The molecule has 0 bridgehead atoms. The highest BCUT2D eigenvalue weighted by molar-refractivity contribution is 7.98. The van der Waals surface area contributed by atoms with Gasteiger partial charge >= 0.3 is 18.1 Å². The molecule has 0 aliphatic carbocycles. The first-order chi connectivity index (χ1) is 28.5. The first-order valence-electron chi connectivity index (χ1n) is 18.6. The number of carbonyl (C=O) groups is 3. The molecule has 0 radical (unpaired) electrons. The van der Waals surface area contributed by atoms with Crippen LogP contribution in [0.2, 0.25) is 0 Å². The number of thioether (sulfide) groups is 1. The number of aliphatic hydroxyl groups excluding tert-OH is 2. The van der Waals surface area contributed by atoms with Crippen molar-refractivity contribution in [1.29, 1.82) is 0 Å². The van der Waals surface area contributed by atoms with Crippen LogP contribution in [-0.4, -0.2) is 90.9 Å². The highest BCUT2D eigenvalue weighted by Gasteiger charge is 2.32. The van der Waals surface area contributed by atoms with E-state index in [2.05, 4.69) is 16.8 Å². The van der Waals surface area contributed by atoms with Crippen LogP contribution in [0.4, 0.5) is 22.0 Å². The number of amides is 1. The van der Waals surface area contributed by atoms with Crippen LogP contribution < -0.4 is 4.73 Å².